The van der Waals surface area contributed by atoms with Gasteiger partial charge in [-0.25, -0.2) is 9.37 Å². The zero-order valence-corrected chi connectivity index (χ0v) is 10.8. The maximum absolute atomic E-state index is 12.9. The van der Waals surface area contributed by atoms with Gasteiger partial charge in [-0.2, -0.15) is 11.3 Å². The second-order valence-electron chi connectivity index (χ2n) is 4.02. The van der Waals surface area contributed by atoms with Gasteiger partial charge in [0.05, 0.1) is 0 Å². The number of hydrogen-bond acceptors (Lipinski definition) is 4. The van der Waals surface area contributed by atoms with E-state index in [1.54, 1.807) is 23.5 Å². The molecule has 0 aliphatic rings. The summed E-state index contributed by atoms with van der Waals surface area (Å²) in [5.41, 5.74) is 8.10. The number of rotatable bonds is 3. The molecule has 0 saturated carbocycles. The summed E-state index contributed by atoms with van der Waals surface area (Å²) in [7, 11) is 0. The Morgan fingerprint density at radius 3 is 2.58 bits per heavy atom. The average molecular weight is 274 g/mol. The van der Waals surface area contributed by atoms with Crippen LogP contribution in [0.5, 0.6) is 0 Å². The molecule has 19 heavy (non-hydrogen) atoms. The maximum Gasteiger partial charge on any atom is 0.227 e. The van der Waals surface area contributed by atoms with Gasteiger partial charge in [-0.3, -0.25) is 0 Å². The lowest BCUT2D eigenvalue weighted by atomic mass is 10.2. The quantitative estimate of drug-likeness (QED) is 0.792. The highest BCUT2D eigenvalue weighted by Gasteiger charge is 2.15. The van der Waals surface area contributed by atoms with E-state index in [9.17, 15) is 4.39 Å². The maximum atomic E-state index is 12.9. The molecule has 2 aromatic heterocycles. The van der Waals surface area contributed by atoms with Crippen LogP contribution in [0.2, 0.25) is 0 Å². The highest BCUT2D eigenvalue weighted by Crippen LogP contribution is 2.30. The van der Waals surface area contributed by atoms with E-state index in [0.29, 0.717) is 23.9 Å². The summed E-state index contributed by atoms with van der Waals surface area (Å²) in [6.07, 6.45) is 0. The predicted octanol–water partition coefficient (Wildman–Crippen LogP) is 3.67. The number of halogens is 1. The van der Waals surface area contributed by atoms with Crippen molar-refractivity contribution in [1.82, 2.24) is 4.98 Å². The topological polar surface area (TPSA) is 52.0 Å². The van der Waals surface area contributed by atoms with E-state index in [-0.39, 0.29) is 5.82 Å². The summed E-state index contributed by atoms with van der Waals surface area (Å²) in [5.74, 6) is 0.858. The molecule has 0 bridgehead atoms. The lowest BCUT2D eigenvalue weighted by Gasteiger charge is -1.95. The van der Waals surface area contributed by atoms with Gasteiger partial charge in [0.2, 0.25) is 5.89 Å². The number of nitrogens with two attached hydrogens (primary N) is 1. The third-order valence-corrected chi connectivity index (χ3v) is 3.45. The van der Waals surface area contributed by atoms with Gasteiger partial charge in [0, 0.05) is 23.1 Å². The van der Waals surface area contributed by atoms with E-state index < -0.39 is 0 Å². The second-order valence-corrected chi connectivity index (χ2v) is 4.80. The fourth-order valence-electron chi connectivity index (χ4n) is 1.83. The molecule has 3 rings (SSSR count). The molecular formula is C14H11FN2OS. The molecule has 0 aliphatic carbocycles. The fraction of sp³-hybridized carbons (Fsp3) is 0.0714. The highest BCUT2D eigenvalue weighted by molar-refractivity contribution is 7.08. The van der Waals surface area contributed by atoms with Crippen molar-refractivity contribution >= 4 is 11.3 Å². The predicted molar refractivity (Wildman–Crippen MR) is 73.1 cm³/mol. The summed E-state index contributed by atoms with van der Waals surface area (Å²) < 4.78 is 18.7. The zero-order valence-electron chi connectivity index (χ0n) is 9.97. The molecule has 0 atom stereocenters. The summed E-state index contributed by atoms with van der Waals surface area (Å²) >= 11 is 1.58. The Hall–Kier alpha value is -1.98. The van der Waals surface area contributed by atoms with Crippen LogP contribution < -0.4 is 5.73 Å². The number of nitrogens with zero attached hydrogens (tertiary/aromatic N) is 1. The number of oxazole rings is 1. The zero-order chi connectivity index (χ0) is 13.2. The lowest BCUT2D eigenvalue weighted by Crippen LogP contribution is -1.98. The molecule has 2 N–H and O–H groups in total. The first-order valence-corrected chi connectivity index (χ1v) is 6.70. The van der Waals surface area contributed by atoms with Crippen LogP contribution in [0, 0.1) is 5.82 Å². The number of thiophene rings is 1. The molecule has 0 unspecified atom stereocenters. The second kappa shape index (κ2) is 4.95. The van der Waals surface area contributed by atoms with E-state index in [0.717, 1.165) is 11.1 Å². The van der Waals surface area contributed by atoms with Crippen LogP contribution in [0.25, 0.3) is 22.8 Å². The Morgan fingerprint density at radius 2 is 1.95 bits per heavy atom. The molecular weight excluding hydrogens is 263 g/mol. The van der Waals surface area contributed by atoms with Crippen molar-refractivity contribution < 1.29 is 8.81 Å². The smallest absolute Gasteiger partial charge is 0.227 e. The standard InChI is InChI=1S/C14H11FN2OS/c15-11-3-1-9(2-4-11)14-17-12(7-16)13(18-14)10-5-6-19-8-10/h1-6,8H,7,16H2. The van der Waals surface area contributed by atoms with Crippen LogP contribution in [0.15, 0.2) is 45.5 Å². The molecule has 0 saturated heterocycles. The molecule has 3 nitrogen and oxygen atoms in total. The Balaban J connectivity index is 2.07. The summed E-state index contributed by atoms with van der Waals surface area (Å²) in [5, 5.41) is 3.95. The van der Waals surface area contributed by atoms with Gasteiger partial charge in [0.1, 0.15) is 11.5 Å². The first-order chi connectivity index (χ1) is 9.28. The van der Waals surface area contributed by atoms with E-state index in [1.807, 2.05) is 16.8 Å². The molecule has 0 radical (unpaired) electrons. The first kappa shape index (κ1) is 12.1. The Morgan fingerprint density at radius 1 is 1.16 bits per heavy atom. The minimum atomic E-state index is -0.285. The van der Waals surface area contributed by atoms with Gasteiger partial charge in [0.15, 0.2) is 5.76 Å². The number of aromatic nitrogens is 1. The van der Waals surface area contributed by atoms with E-state index in [1.165, 1.54) is 12.1 Å². The van der Waals surface area contributed by atoms with E-state index >= 15 is 0 Å². The van der Waals surface area contributed by atoms with E-state index in [4.69, 9.17) is 10.2 Å². The van der Waals surface area contributed by atoms with Crippen LogP contribution in [0.1, 0.15) is 5.69 Å². The van der Waals surface area contributed by atoms with Crippen molar-refractivity contribution in [3.05, 3.63) is 52.6 Å². The largest absolute Gasteiger partial charge is 0.436 e. The van der Waals surface area contributed by atoms with Crippen LogP contribution in [0.4, 0.5) is 4.39 Å². The number of benzene rings is 1. The number of hydrogen-bond donors (Lipinski definition) is 1. The third kappa shape index (κ3) is 2.30. The van der Waals surface area contributed by atoms with Gasteiger partial charge < -0.3 is 10.2 Å². The molecule has 96 valence electrons. The van der Waals surface area contributed by atoms with Crippen molar-refractivity contribution in [2.45, 2.75) is 6.54 Å². The molecule has 1 aromatic carbocycles. The molecule has 0 spiro atoms. The van der Waals surface area contributed by atoms with Crippen LogP contribution in [-0.4, -0.2) is 4.98 Å². The average Bonchev–Trinajstić information content (AvgIpc) is 3.08. The van der Waals surface area contributed by atoms with Crippen molar-refractivity contribution in [1.29, 1.82) is 0 Å². The van der Waals surface area contributed by atoms with Gasteiger partial charge in [-0.05, 0) is 35.7 Å². The molecule has 5 heteroatoms. The molecule has 3 aromatic rings. The van der Waals surface area contributed by atoms with Crippen LogP contribution in [0.3, 0.4) is 0 Å². The molecule has 0 fully saturated rings. The van der Waals surface area contributed by atoms with Crippen LogP contribution in [-0.2, 0) is 6.54 Å². The van der Waals surface area contributed by atoms with Gasteiger partial charge in [-0.1, -0.05) is 0 Å². The summed E-state index contributed by atoms with van der Waals surface area (Å²) in [6, 6.07) is 7.99. The lowest BCUT2D eigenvalue weighted by molar-refractivity contribution is 0.587. The van der Waals surface area contributed by atoms with Crippen molar-refractivity contribution in [3.63, 3.8) is 0 Å². The minimum absolute atomic E-state index is 0.285. The Labute approximate surface area is 113 Å². The summed E-state index contributed by atoms with van der Waals surface area (Å²) in [6.45, 7) is 0.301. The Kier molecular flexibility index (Phi) is 3.15. The minimum Gasteiger partial charge on any atom is -0.436 e. The van der Waals surface area contributed by atoms with Gasteiger partial charge in [-0.15, -0.1) is 0 Å². The molecule has 2 heterocycles. The highest BCUT2D eigenvalue weighted by atomic mass is 32.1. The van der Waals surface area contributed by atoms with Crippen molar-refractivity contribution in [2.24, 2.45) is 5.73 Å². The summed E-state index contributed by atoms with van der Waals surface area (Å²) in [4.78, 5) is 4.38. The SMILES string of the molecule is NCc1nc(-c2ccc(F)cc2)oc1-c1ccsc1. The Bertz CT molecular complexity index is 674. The third-order valence-electron chi connectivity index (χ3n) is 2.77. The van der Waals surface area contributed by atoms with Gasteiger partial charge in [0.25, 0.3) is 0 Å². The monoisotopic (exact) mass is 274 g/mol. The van der Waals surface area contributed by atoms with E-state index in [2.05, 4.69) is 4.98 Å². The van der Waals surface area contributed by atoms with Crippen molar-refractivity contribution in [2.75, 3.05) is 0 Å². The van der Waals surface area contributed by atoms with Crippen LogP contribution >= 0.6 is 11.3 Å². The molecule has 0 amide bonds. The van der Waals surface area contributed by atoms with Crippen molar-refractivity contribution in [3.8, 4) is 22.8 Å². The van der Waals surface area contributed by atoms with Gasteiger partial charge >= 0.3 is 0 Å². The normalized spacial score (nSPS) is 10.8. The first-order valence-electron chi connectivity index (χ1n) is 5.76. The fourth-order valence-corrected chi connectivity index (χ4v) is 2.46. The molecule has 0 aliphatic heterocycles.